The molecule has 1 atom stereocenters. The van der Waals surface area contributed by atoms with Crippen molar-refractivity contribution < 1.29 is 27.5 Å². The van der Waals surface area contributed by atoms with E-state index in [1.165, 1.54) is 16.8 Å². The van der Waals surface area contributed by atoms with Crippen LogP contribution in [0.15, 0.2) is 12.1 Å². The number of aryl methyl sites for hydroxylation is 2. The number of carbonyl (C=O) groups is 2. The molecule has 1 aliphatic heterocycles. The number of rotatable bonds is 10. The molecule has 1 aliphatic rings. The number of sulfone groups is 1. The third-order valence-corrected chi connectivity index (χ3v) is 8.09. The van der Waals surface area contributed by atoms with E-state index in [2.05, 4.69) is 5.10 Å². The number of esters is 1. The highest BCUT2D eigenvalue weighted by molar-refractivity contribution is 7.91. The molecule has 0 N–H and O–H groups in total. The second kappa shape index (κ2) is 10.9. The maximum Gasteiger partial charge on any atom is 0.331 e. The number of carbonyl (C=O) groups excluding carboxylic acids is 2. The fourth-order valence-corrected chi connectivity index (χ4v) is 6.21. The van der Waals surface area contributed by atoms with Crippen LogP contribution >= 0.6 is 11.6 Å². The Labute approximate surface area is 204 Å². The molecular weight excluding hydrogens is 482 g/mol. The molecular formula is C23H30ClN3O6S. The summed E-state index contributed by atoms with van der Waals surface area (Å²) in [4.78, 5) is 24.9. The van der Waals surface area contributed by atoms with E-state index in [1.807, 2.05) is 18.4 Å². The van der Waals surface area contributed by atoms with Crippen molar-refractivity contribution >= 4 is 39.3 Å². The highest BCUT2D eigenvalue weighted by Gasteiger charge is 2.31. The van der Waals surface area contributed by atoms with Crippen molar-refractivity contribution in [2.24, 2.45) is 0 Å². The SMILES string of the molecule is COCCCn1c(C)cc(C(=O)COC(=O)C=Cc2c(C)nn(C3CCS(=O)(=O)C3)c2Cl)c1C. The number of hydrogen-bond acceptors (Lipinski definition) is 7. The van der Waals surface area contributed by atoms with Gasteiger partial charge in [-0.3, -0.25) is 4.79 Å². The molecule has 0 aliphatic carbocycles. The van der Waals surface area contributed by atoms with E-state index in [4.69, 9.17) is 21.1 Å². The lowest BCUT2D eigenvalue weighted by atomic mass is 10.1. The maximum atomic E-state index is 12.6. The fourth-order valence-electron chi connectivity index (χ4n) is 4.14. The molecule has 0 saturated carbocycles. The van der Waals surface area contributed by atoms with Gasteiger partial charge in [0, 0.05) is 48.9 Å². The summed E-state index contributed by atoms with van der Waals surface area (Å²) in [5.74, 6) is -0.867. The van der Waals surface area contributed by atoms with Crippen LogP contribution in [0.1, 0.15) is 51.9 Å². The molecule has 1 fully saturated rings. The van der Waals surface area contributed by atoms with Crippen molar-refractivity contribution in [3.63, 3.8) is 0 Å². The summed E-state index contributed by atoms with van der Waals surface area (Å²) in [6, 6.07) is 1.48. The van der Waals surface area contributed by atoms with E-state index in [0.29, 0.717) is 29.8 Å². The number of nitrogens with zero attached hydrogens (tertiary/aromatic N) is 3. The van der Waals surface area contributed by atoms with Gasteiger partial charge in [0.05, 0.1) is 23.2 Å². The van der Waals surface area contributed by atoms with Crippen molar-refractivity contribution in [2.75, 3.05) is 31.8 Å². The molecule has 0 spiro atoms. The molecule has 3 rings (SSSR count). The quantitative estimate of drug-likeness (QED) is 0.208. The largest absolute Gasteiger partial charge is 0.454 e. The summed E-state index contributed by atoms with van der Waals surface area (Å²) >= 11 is 6.41. The van der Waals surface area contributed by atoms with E-state index in [9.17, 15) is 18.0 Å². The van der Waals surface area contributed by atoms with Crippen LogP contribution in [0.5, 0.6) is 0 Å². The smallest absolute Gasteiger partial charge is 0.331 e. The number of hydrogen-bond donors (Lipinski definition) is 0. The fraction of sp³-hybridized carbons (Fsp3) is 0.522. The van der Waals surface area contributed by atoms with Gasteiger partial charge in [-0.05, 0) is 45.8 Å². The molecule has 0 aromatic carbocycles. The molecule has 3 heterocycles. The van der Waals surface area contributed by atoms with Crippen LogP contribution in [0.4, 0.5) is 0 Å². The van der Waals surface area contributed by atoms with Gasteiger partial charge in [-0.15, -0.1) is 0 Å². The van der Waals surface area contributed by atoms with Gasteiger partial charge in [0.1, 0.15) is 5.15 Å². The van der Waals surface area contributed by atoms with Crippen molar-refractivity contribution in [2.45, 2.75) is 46.2 Å². The lowest BCUT2D eigenvalue weighted by Crippen LogP contribution is -2.14. The summed E-state index contributed by atoms with van der Waals surface area (Å²) in [7, 11) is -1.44. The number of Topliss-reactive ketones (excluding diaryl/α,β-unsaturated/α-hetero) is 1. The number of ether oxygens (including phenoxy) is 2. The number of methoxy groups -OCH3 is 1. The Balaban J connectivity index is 1.61. The molecule has 9 nitrogen and oxygen atoms in total. The first kappa shape index (κ1) is 26.2. The molecule has 1 saturated heterocycles. The average Bonchev–Trinajstić information content (AvgIpc) is 3.38. The van der Waals surface area contributed by atoms with Gasteiger partial charge in [-0.1, -0.05) is 11.6 Å². The molecule has 0 amide bonds. The Morgan fingerprint density at radius 3 is 2.68 bits per heavy atom. The van der Waals surface area contributed by atoms with Gasteiger partial charge in [0.2, 0.25) is 5.78 Å². The summed E-state index contributed by atoms with van der Waals surface area (Å²) in [6.07, 6.45) is 3.94. The zero-order valence-corrected chi connectivity index (χ0v) is 21.4. The Kier molecular flexibility index (Phi) is 8.38. The van der Waals surface area contributed by atoms with Crippen LogP contribution in [0.25, 0.3) is 6.08 Å². The van der Waals surface area contributed by atoms with E-state index in [1.54, 1.807) is 20.1 Å². The van der Waals surface area contributed by atoms with Gasteiger partial charge in [0.15, 0.2) is 16.4 Å². The summed E-state index contributed by atoms with van der Waals surface area (Å²) in [5.41, 5.74) is 3.39. The van der Waals surface area contributed by atoms with Gasteiger partial charge in [-0.25, -0.2) is 17.9 Å². The predicted molar refractivity (Wildman–Crippen MR) is 129 cm³/mol. The number of aromatic nitrogens is 3. The zero-order chi connectivity index (χ0) is 25.0. The van der Waals surface area contributed by atoms with Crippen LogP contribution < -0.4 is 0 Å². The molecule has 2 aromatic heterocycles. The Hall–Kier alpha value is -2.43. The highest BCUT2D eigenvalue weighted by atomic mass is 35.5. The van der Waals surface area contributed by atoms with Gasteiger partial charge >= 0.3 is 5.97 Å². The van der Waals surface area contributed by atoms with E-state index in [-0.39, 0.29) is 35.1 Å². The second-order valence-electron chi connectivity index (χ2n) is 8.44. The minimum atomic E-state index is -3.09. The normalized spacial score (nSPS) is 17.5. The van der Waals surface area contributed by atoms with Crippen molar-refractivity contribution in [3.8, 4) is 0 Å². The first-order valence-electron chi connectivity index (χ1n) is 11.0. The van der Waals surface area contributed by atoms with Crippen LogP contribution in [0, 0.1) is 20.8 Å². The lowest BCUT2D eigenvalue weighted by molar-refractivity contribution is -0.136. The van der Waals surface area contributed by atoms with Gasteiger partial charge in [-0.2, -0.15) is 5.10 Å². The molecule has 11 heteroatoms. The maximum absolute atomic E-state index is 12.6. The second-order valence-corrected chi connectivity index (χ2v) is 11.0. The summed E-state index contributed by atoms with van der Waals surface area (Å²) < 4.78 is 37.3. The minimum Gasteiger partial charge on any atom is -0.454 e. The summed E-state index contributed by atoms with van der Waals surface area (Å²) in [5, 5.41) is 4.61. The lowest BCUT2D eigenvalue weighted by Gasteiger charge is -2.09. The molecule has 186 valence electrons. The van der Waals surface area contributed by atoms with Crippen molar-refractivity contribution in [1.82, 2.24) is 14.3 Å². The van der Waals surface area contributed by atoms with Crippen LogP contribution in [0.2, 0.25) is 5.15 Å². The standard InChI is InChI=1S/C23H30ClN3O6S/c1-15-12-20(17(3)26(15)9-5-10-32-4)21(28)13-33-22(29)7-6-19-16(2)25-27(23(19)24)18-8-11-34(30,31)14-18/h6-7,12,18H,5,8-11,13-14H2,1-4H3. The van der Waals surface area contributed by atoms with Crippen molar-refractivity contribution in [1.29, 1.82) is 0 Å². The molecule has 34 heavy (non-hydrogen) atoms. The van der Waals surface area contributed by atoms with Crippen LogP contribution in [0.3, 0.4) is 0 Å². The number of ketones is 1. The minimum absolute atomic E-state index is 0.00581. The van der Waals surface area contributed by atoms with Crippen LogP contribution in [-0.2, 0) is 30.7 Å². The Morgan fingerprint density at radius 1 is 1.29 bits per heavy atom. The third-order valence-electron chi connectivity index (χ3n) is 5.96. The van der Waals surface area contributed by atoms with E-state index < -0.39 is 15.8 Å². The Bertz CT molecular complexity index is 1210. The Morgan fingerprint density at radius 2 is 2.03 bits per heavy atom. The predicted octanol–water partition coefficient (Wildman–Crippen LogP) is 3.10. The van der Waals surface area contributed by atoms with Crippen molar-refractivity contribution in [3.05, 3.63) is 45.5 Å². The van der Waals surface area contributed by atoms with E-state index >= 15 is 0 Å². The molecule has 0 radical (unpaired) electrons. The zero-order valence-electron chi connectivity index (χ0n) is 19.8. The highest BCUT2D eigenvalue weighted by Crippen LogP contribution is 2.30. The first-order chi connectivity index (χ1) is 16.0. The number of halogens is 1. The van der Waals surface area contributed by atoms with E-state index in [0.717, 1.165) is 24.4 Å². The van der Waals surface area contributed by atoms with Gasteiger partial charge in [0.25, 0.3) is 0 Å². The summed E-state index contributed by atoms with van der Waals surface area (Å²) in [6.45, 7) is 6.51. The molecule has 2 aromatic rings. The molecule has 1 unspecified atom stereocenters. The monoisotopic (exact) mass is 511 g/mol. The molecule has 0 bridgehead atoms. The van der Waals surface area contributed by atoms with Gasteiger partial charge < -0.3 is 14.0 Å². The average molecular weight is 512 g/mol. The first-order valence-corrected chi connectivity index (χ1v) is 13.2. The topological polar surface area (TPSA) is 109 Å². The van der Waals surface area contributed by atoms with Crippen LogP contribution in [-0.4, -0.2) is 66.3 Å². The third kappa shape index (κ3) is 5.97.